The standard InChI is InChI=1S/C13H15F2N3O5/c1-6(20)2-3-7-4-18(12(22)17-10(7)16)11-13(14,15)9(21)8(5-19)23-11/h2-4,8-9,11,19,21H,5H2,1H3,(H2,16,17,22). The molecule has 1 saturated heterocycles. The van der Waals surface area contributed by atoms with Crippen molar-refractivity contribution in [2.24, 2.45) is 0 Å². The lowest BCUT2D eigenvalue weighted by molar-refractivity contribution is -0.141. The van der Waals surface area contributed by atoms with E-state index in [2.05, 4.69) is 4.98 Å². The first kappa shape index (κ1) is 17.2. The molecule has 3 atom stereocenters. The Morgan fingerprint density at radius 3 is 2.78 bits per heavy atom. The van der Waals surface area contributed by atoms with E-state index < -0.39 is 36.7 Å². The molecule has 0 amide bonds. The maximum atomic E-state index is 14.1. The van der Waals surface area contributed by atoms with Gasteiger partial charge in [-0.25, -0.2) is 4.79 Å². The number of nitrogens with two attached hydrogens (primary N) is 1. The Hall–Kier alpha value is -2.17. The highest BCUT2D eigenvalue weighted by molar-refractivity contribution is 5.92. The molecule has 1 aromatic rings. The number of alkyl halides is 2. The molecule has 8 nitrogen and oxygen atoms in total. The summed E-state index contributed by atoms with van der Waals surface area (Å²) in [6.07, 6.45) is -2.68. The number of nitrogens with zero attached hydrogens (tertiary/aromatic N) is 2. The molecule has 1 aliphatic heterocycles. The van der Waals surface area contributed by atoms with Gasteiger partial charge in [-0.05, 0) is 19.1 Å². The zero-order valence-electron chi connectivity index (χ0n) is 12.0. The summed E-state index contributed by atoms with van der Waals surface area (Å²) in [5.41, 5.74) is 4.46. The van der Waals surface area contributed by atoms with Crippen LogP contribution in [0.25, 0.3) is 6.08 Å². The van der Waals surface area contributed by atoms with Crippen molar-refractivity contribution < 1.29 is 28.5 Å². The normalized spacial score (nSPS) is 26.7. The summed E-state index contributed by atoms with van der Waals surface area (Å²) in [4.78, 5) is 26.2. The van der Waals surface area contributed by atoms with Crippen LogP contribution < -0.4 is 11.4 Å². The van der Waals surface area contributed by atoms with Gasteiger partial charge in [-0.15, -0.1) is 0 Å². The number of carbonyl (C=O) groups is 1. The molecule has 1 aliphatic rings. The van der Waals surface area contributed by atoms with Crippen LogP contribution in [0.2, 0.25) is 0 Å². The van der Waals surface area contributed by atoms with Gasteiger partial charge in [-0.1, -0.05) is 0 Å². The molecular weight excluding hydrogens is 316 g/mol. The van der Waals surface area contributed by atoms with E-state index in [4.69, 9.17) is 15.6 Å². The second kappa shape index (κ2) is 6.14. The number of aromatic nitrogens is 2. The maximum absolute atomic E-state index is 14.1. The van der Waals surface area contributed by atoms with Gasteiger partial charge in [0, 0.05) is 11.8 Å². The van der Waals surface area contributed by atoms with E-state index in [0.717, 1.165) is 12.3 Å². The van der Waals surface area contributed by atoms with Crippen LogP contribution >= 0.6 is 0 Å². The van der Waals surface area contributed by atoms with Crippen LogP contribution in [0.15, 0.2) is 17.1 Å². The number of aliphatic hydroxyl groups excluding tert-OH is 2. The van der Waals surface area contributed by atoms with Gasteiger partial charge in [-0.2, -0.15) is 13.8 Å². The quantitative estimate of drug-likeness (QED) is 0.623. The number of carbonyl (C=O) groups excluding carboxylic acids is 1. The first-order valence-corrected chi connectivity index (χ1v) is 6.58. The van der Waals surface area contributed by atoms with Crippen LogP contribution in [0.3, 0.4) is 0 Å². The highest BCUT2D eigenvalue weighted by Gasteiger charge is 2.59. The monoisotopic (exact) mass is 331 g/mol. The Labute approximate surface area is 128 Å². The van der Waals surface area contributed by atoms with Gasteiger partial charge >= 0.3 is 11.6 Å². The largest absolute Gasteiger partial charge is 0.394 e. The summed E-state index contributed by atoms with van der Waals surface area (Å²) < 4.78 is 33.5. The average molecular weight is 331 g/mol. The third-order valence-corrected chi connectivity index (χ3v) is 3.32. The van der Waals surface area contributed by atoms with Crippen molar-refractivity contribution in [3.8, 4) is 0 Å². The number of ether oxygens (including phenoxy) is 1. The van der Waals surface area contributed by atoms with Crippen molar-refractivity contribution in [2.45, 2.75) is 31.3 Å². The molecular formula is C13H15F2N3O5. The summed E-state index contributed by atoms with van der Waals surface area (Å²) >= 11 is 0. The van der Waals surface area contributed by atoms with Gasteiger partial charge in [0.25, 0.3) is 0 Å². The molecule has 0 aliphatic carbocycles. The molecule has 23 heavy (non-hydrogen) atoms. The minimum absolute atomic E-state index is 0.0566. The molecule has 0 aromatic carbocycles. The lowest BCUT2D eigenvalue weighted by atomic mass is 10.1. The van der Waals surface area contributed by atoms with Crippen molar-refractivity contribution in [3.63, 3.8) is 0 Å². The molecule has 4 N–H and O–H groups in total. The van der Waals surface area contributed by atoms with E-state index >= 15 is 0 Å². The predicted octanol–water partition coefficient (Wildman–Crippen LogP) is -0.686. The second-order valence-electron chi connectivity index (χ2n) is 5.04. The Kier molecular flexibility index (Phi) is 4.59. The lowest BCUT2D eigenvalue weighted by Crippen LogP contribution is -2.42. The van der Waals surface area contributed by atoms with E-state index in [0.29, 0.717) is 4.57 Å². The highest BCUT2D eigenvalue weighted by Crippen LogP contribution is 2.42. The van der Waals surface area contributed by atoms with Crippen molar-refractivity contribution >= 4 is 17.7 Å². The number of ketones is 1. The van der Waals surface area contributed by atoms with Crippen molar-refractivity contribution in [3.05, 3.63) is 28.3 Å². The number of allylic oxidation sites excluding steroid dienone is 1. The summed E-state index contributed by atoms with van der Waals surface area (Å²) in [6.45, 7) is 0.425. The number of anilines is 1. The third-order valence-electron chi connectivity index (χ3n) is 3.32. The Morgan fingerprint density at radius 2 is 2.26 bits per heavy atom. The summed E-state index contributed by atoms with van der Waals surface area (Å²) in [5, 5.41) is 18.4. The number of halogens is 2. The summed E-state index contributed by atoms with van der Waals surface area (Å²) in [5.74, 6) is -4.39. The average Bonchev–Trinajstić information content (AvgIpc) is 2.69. The lowest BCUT2D eigenvalue weighted by Gasteiger charge is -2.21. The molecule has 2 heterocycles. The number of rotatable bonds is 4. The minimum atomic E-state index is -3.82. The first-order valence-electron chi connectivity index (χ1n) is 6.58. The Morgan fingerprint density at radius 1 is 1.61 bits per heavy atom. The topological polar surface area (TPSA) is 128 Å². The van der Waals surface area contributed by atoms with Crippen molar-refractivity contribution in [1.29, 1.82) is 0 Å². The Bertz CT molecular complexity index is 703. The SMILES string of the molecule is CC(=O)C=Cc1cn(C2OC(CO)C(O)C2(F)F)c(=O)nc1N. The smallest absolute Gasteiger partial charge is 0.351 e. The molecule has 0 saturated carbocycles. The van der Waals surface area contributed by atoms with E-state index in [-0.39, 0.29) is 17.2 Å². The molecule has 0 bridgehead atoms. The molecule has 10 heteroatoms. The fourth-order valence-corrected chi connectivity index (χ4v) is 2.12. The summed E-state index contributed by atoms with van der Waals surface area (Å²) in [7, 11) is 0. The fourth-order valence-electron chi connectivity index (χ4n) is 2.12. The van der Waals surface area contributed by atoms with E-state index in [1.165, 1.54) is 13.0 Å². The zero-order chi connectivity index (χ0) is 17.4. The number of hydrogen-bond acceptors (Lipinski definition) is 7. The second-order valence-corrected chi connectivity index (χ2v) is 5.04. The van der Waals surface area contributed by atoms with Gasteiger partial charge in [0.2, 0.25) is 6.23 Å². The van der Waals surface area contributed by atoms with E-state index in [1.807, 2.05) is 0 Å². The van der Waals surface area contributed by atoms with Crippen LogP contribution in [0.1, 0.15) is 18.7 Å². The molecule has 0 radical (unpaired) electrons. The van der Waals surface area contributed by atoms with E-state index in [1.54, 1.807) is 0 Å². The van der Waals surface area contributed by atoms with Gasteiger partial charge in [0.05, 0.1) is 6.61 Å². The van der Waals surface area contributed by atoms with Crippen LogP contribution in [0.4, 0.5) is 14.6 Å². The van der Waals surface area contributed by atoms with Crippen LogP contribution in [-0.2, 0) is 9.53 Å². The molecule has 1 fully saturated rings. The van der Waals surface area contributed by atoms with Crippen LogP contribution in [0.5, 0.6) is 0 Å². The fraction of sp³-hybridized carbons (Fsp3) is 0.462. The zero-order valence-corrected chi connectivity index (χ0v) is 12.0. The van der Waals surface area contributed by atoms with Crippen molar-refractivity contribution in [2.75, 3.05) is 12.3 Å². The van der Waals surface area contributed by atoms with Crippen LogP contribution in [-0.4, -0.2) is 50.3 Å². The molecule has 1 aromatic heterocycles. The third kappa shape index (κ3) is 3.14. The first-order chi connectivity index (χ1) is 10.7. The van der Waals surface area contributed by atoms with Crippen molar-refractivity contribution in [1.82, 2.24) is 9.55 Å². The van der Waals surface area contributed by atoms with Gasteiger partial charge in [0.1, 0.15) is 11.9 Å². The molecule has 0 spiro atoms. The maximum Gasteiger partial charge on any atom is 0.351 e. The molecule has 126 valence electrons. The number of hydrogen-bond donors (Lipinski definition) is 3. The Balaban J connectivity index is 2.49. The minimum Gasteiger partial charge on any atom is -0.394 e. The van der Waals surface area contributed by atoms with E-state index in [9.17, 15) is 23.5 Å². The van der Waals surface area contributed by atoms with Gasteiger partial charge in [-0.3, -0.25) is 9.36 Å². The van der Waals surface area contributed by atoms with Gasteiger partial charge in [0.15, 0.2) is 11.9 Å². The predicted molar refractivity (Wildman–Crippen MR) is 74.6 cm³/mol. The number of nitrogen functional groups attached to an aromatic ring is 1. The van der Waals surface area contributed by atoms with Crippen LogP contribution in [0, 0.1) is 0 Å². The summed E-state index contributed by atoms with van der Waals surface area (Å²) in [6, 6.07) is 0. The molecule has 2 rings (SSSR count). The molecule has 3 unspecified atom stereocenters. The van der Waals surface area contributed by atoms with Gasteiger partial charge < -0.3 is 20.7 Å². The highest BCUT2D eigenvalue weighted by atomic mass is 19.3. The number of aliphatic hydroxyl groups is 2.